The van der Waals surface area contributed by atoms with Crippen molar-refractivity contribution in [2.75, 3.05) is 33.7 Å². The predicted octanol–water partition coefficient (Wildman–Crippen LogP) is 3.11. The van der Waals surface area contributed by atoms with Gasteiger partial charge in [0.15, 0.2) is 5.96 Å². The first-order chi connectivity index (χ1) is 11.2. The number of rotatable bonds is 8. The van der Waals surface area contributed by atoms with E-state index in [1.54, 1.807) is 12.1 Å². The molecule has 1 aromatic carbocycles. The summed E-state index contributed by atoms with van der Waals surface area (Å²) in [6.07, 6.45) is -0.0684. The van der Waals surface area contributed by atoms with Crippen molar-refractivity contribution in [1.29, 1.82) is 0 Å². The number of halogens is 2. The number of hydrogen-bond acceptors (Lipinski definition) is 3. The van der Waals surface area contributed by atoms with Gasteiger partial charge in [-0.3, -0.25) is 4.99 Å². The SMILES string of the molecule is CCNC(=NCC(C)(C)N(C)C)NCC(C)Oc1ccc(F)cc1.I. The van der Waals surface area contributed by atoms with Crippen LogP contribution in [0.15, 0.2) is 29.3 Å². The van der Waals surface area contributed by atoms with Crippen molar-refractivity contribution in [2.24, 2.45) is 4.99 Å². The zero-order valence-corrected chi connectivity index (χ0v) is 18.4. The first kappa shape index (κ1) is 23.9. The van der Waals surface area contributed by atoms with Gasteiger partial charge in [-0.1, -0.05) is 0 Å². The van der Waals surface area contributed by atoms with Crippen LogP contribution in [-0.2, 0) is 0 Å². The van der Waals surface area contributed by atoms with Gasteiger partial charge in [-0.2, -0.15) is 0 Å². The van der Waals surface area contributed by atoms with Crippen molar-refractivity contribution in [3.05, 3.63) is 30.1 Å². The van der Waals surface area contributed by atoms with Gasteiger partial charge < -0.3 is 20.3 Å². The molecule has 0 radical (unpaired) electrons. The van der Waals surface area contributed by atoms with E-state index < -0.39 is 0 Å². The molecule has 0 bridgehead atoms. The van der Waals surface area contributed by atoms with Crippen molar-refractivity contribution >= 4 is 29.9 Å². The highest BCUT2D eigenvalue weighted by Crippen LogP contribution is 2.13. The number of benzene rings is 1. The van der Waals surface area contributed by atoms with Crippen LogP contribution < -0.4 is 15.4 Å². The summed E-state index contributed by atoms with van der Waals surface area (Å²) < 4.78 is 18.7. The summed E-state index contributed by atoms with van der Waals surface area (Å²) in [5.74, 6) is 1.15. The lowest BCUT2D eigenvalue weighted by molar-refractivity contribution is 0.204. The molecule has 2 N–H and O–H groups in total. The second-order valence-corrected chi connectivity index (χ2v) is 6.67. The van der Waals surface area contributed by atoms with E-state index in [9.17, 15) is 4.39 Å². The number of hydrogen-bond donors (Lipinski definition) is 2. The summed E-state index contributed by atoms with van der Waals surface area (Å²) >= 11 is 0. The maximum absolute atomic E-state index is 12.9. The number of aliphatic imine (C=N–C) groups is 1. The third kappa shape index (κ3) is 9.25. The minimum atomic E-state index is -0.266. The summed E-state index contributed by atoms with van der Waals surface area (Å²) in [4.78, 5) is 6.80. The monoisotopic (exact) mass is 466 g/mol. The first-order valence-electron chi connectivity index (χ1n) is 8.36. The fourth-order valence-electron chi connectivity index (χ4n) is 1.78. The molecule has 144 valence electrons. The molecule has 0 heterocycles. The van der Waals surface area contributed by atoms with E-state index in [2.05, 4.69) is 48.5 Å². The zero-order valence-electron chi connectivity index (χ0n) is 16.1. The van der Waals surface area contributed by atoms with Crippen LogP contribution in [0.3, 0.4) is 0 Å². The third-order valence-electron chi connectivity index (χ3n) is 3.89. The van der Waals surface area contributed by atoms with Gasteiger partial charge in [0.2, 0.25) is 0 Å². The normalized spacial score (nSPS) is 13.2. The van der Waals surface area contributed by atoms with Gasteiger partial charge >= 0.3 is 0 Å². The average molecular weight is 466 g/mol. The summed E-state index contributed by atoms with van der Waals surface area (Å²) in [6.45, 7) is 10.4. The Kier molecular flexibility index (Phi) is 11.0. The van der Waals surface area contributed by atoms with Crippen molar-refractivity contribution in [2.45, 2.75) is 39.3 Å². The lowest BCUT2D eigenvalue weighted by atomic mass is 10.1. The topological polar surface area (TPSA) is 48.9 Å². The Morgan fingerprint density at radius 3 is 2.36 bits per heavy atom. The van der Waals surface area contributed by atoms with Crippen LogP contribution in [0.5, 0.6) is 5.75 Å². The molecule has 1 aromatic rings. The van der Waals surface area contributed by atoms with Crippen molar-refractivity contribution in [1.82, 2.24) is 15.5 Å². The highest BCUT2D eigenvalue weighted by Gasteiger charge is 2.20. The van der Waals surface area contributed by atoms with Crippen LogP contribution >= 0.6 is 24.0 Å². The predicted molar refractivity (Wildman–Crippen MR) is 114 cm³/mol. The van der Waals surface area contributed by atoms with Gasteiger partial charge in [-0.05, 0) is 66.1 Å². The van der Waals surface area contributed by atoms with Gasteiger partial charge in [0.25, 0.3) is 0 Å². The molecule has 1 unspecified atom stereocenters. The number of likely N-dealkylation sites (N-methyl/N-ethyl adjacent to an activating group) is 1. The van der Waals surface area contributed by atoms with Crippen molar-refractivity contribution in [3.8, 4) is 5.75 Å². The molecule has 0 saturated carbocycles. The molecule has 0 spiro atoms. The second-order valence-electron chi connectivity index (χ2n) is 6.67. The highest BCUT2D eigenvalue weighted by atomic mass is 127. The maximum atomic E-state index is 12.9. The van der Waals surface area contributed by atoms with Gasteiger partial charge in [0.1, 0.15) is 17.7 Å². The van der Waals surface area contributed by atoms with Crippen LogP contribution in [0.25, 0.3) is 0 Å². The number of nitrogens with one attached hydrogen (secondary N) is 2. The number of ether oxygens (including phenoxy) is 1. The Hall–Kier alpha value is -1.09. The Labute approximate surface area is 168 Å². The van der Waals surface area contributed by atoms with E-state index in [-0.39, 0.29) is 41.4 Å². The Morgan fingerprint density at radius 2 is 1.84 bits per heavy atom. The molecule has 25 heavy (non-hydrogen) atoms. The van der Waals surface area contributed by atoms with E-state index >= 15 is 0 Å². The molecule has 0 saturated heterocycles. The molecule has 1 atom stereocenters. The quantitative estimate of drug-likeness (QED) is 0.351. The average Bonchev–Trinajstić information content (AvgIpc) is 2.52. The molecule has 0 amide bonds. The zero-order chi connectivity index (χ0) is 18.2. The summed E-state index contributed by atoms with van der Waals surface area (Å²) in [5, 5.41) is 6.52. The Bertz CT molecular complexity index is 520. The summed E-state index contributed by atoms with van der Waals surface area (Å²) in [6, 6.07) is 6.05. The second kappa shape index (κ2) is 11.5. The standard InChI is InChI=1S/C18H31FN4O.HI/c1-7-20-17(22-13-18(3,4)23(5)6)21-12-14(2)24-16-10-8-15(19)9-11-16;/h8-11,14H,7,12-13H2,1-6H3,(H2,20,21,22);1H. The number of guanidine groups is 1. The van der Waals surface area contributed by atoms with Gasteiger partial charge in [-0.25, -0.2) is 4.39 Å². The minimum absolute atomic E-state index is 0. The molecular weight excluding hydrogens is 434 g/mol. The van der Waals surface area contributed by atoms with E-state index in [0.29, 0.717) is 18.8 Å². The fourth-order valence-corrected chi connectivity index (χ4v) is 1.78. The maximum Gasteiger partial charge on any atom is 0.191 e. The van der Waals surface area contributed by atoms with Crippen molar-refractivity contribution in [3.63, 3.8) is 0 Å². The van der Waals surface area contributed by atoms with Gasteiger partial charge in [-0.15, -0.1) is 24.0 Å². The fraction of sp³-hybridized carbons (Fsp3) is 0.611. The van der Waals surface area contributed by atoms with Crippen LogP contribution in [0.2, 0.25) is 0 Å². The largest absolute Gasteiger partial charge is 0.489 e. The molecule has 5 nitrogen and oxygen atoms in total. The third-order valence-corrected chi connectivity index (χ3v) is 3.89. The molecule has 0 aliphatic carbocycles. The highest BCUT2D eigenvalue weighted by molar-refractivity contribution is 14.0. The molecule has 0 aliphatic heterocycles. The molecule has 1 rings (SSSR count). The molecular formula is C18H32FIN4O. The number of nitrogens with zero attached hydrogens (tertiary/aromatic N) is 2. The lowest BCUT2D eigenvalue weighted by Crippen LogP contribution is -2.45. The smallest absolute Gasteiger partial charge is 0.191 e. The van der Waals surface area contributed by atoms with Crippen LogP contribution in [-0.4, -0.2) is 56.2 Å². The van der Waals surface area contributed by atoms with E-state index in [0.717, 1.165) is 12.5 Å². The van der Waals surface area contributed by atoms with Crippen LogP contribution in [0.4, 0.5) is 4.39 Å². The molecule has 0 aromatic heterocycles. The Morgan fingerprint density at radius 1 is 1.24 bits per heavy atom. The Balaban J connectivity index is 0.00000576. The van der Waals surface area contributed by atoms with E-state index in [1.807, 2.05) is 13.8 Å². The minimum Gasteiger partial charge on any atom is -0.489 e. The summed E-state index contributed by atoms with van der Waals surface area (Å²) in [7, 11) is 4.10. The first-order valence-corrected chi connectivity index (χ1v) is 8.36. The van der Waals surface area contributed by atoms with Crippen molar-refractivity contribution < 1.29 is 9.13 Å². The van der Waals surface area contributed by atoms with Gasteiger partial charge in [0.05, 0.1) is 13.1 Å². The molecule has 7 heteroatoms. The molecule has 0 fully saturated rings. The van der Waals surface area contributed by atoms with Crippen LogP contribution in [0, 0.1) is 5.82 Å². The lowest BCUT2D eigenvalue weighted by Gasteiger charge is -2.31. The summed E-state index contributed by atoms with van der Waals surface area (Å²) in [5.41, 5.74) is -0.0153. The van der Waals surface area contributed by atoms with Crippen LogP contribution in [0.1, 0.15) is 27.7 Å². The molecule has 0 aliphatic rings. The van der Waals surface area contributed by atoms with E-state index in [1.165, 1.54) is 12.1 Å². The van der Waals surface area contributed by atoms with Gasteiger partial charge in [0, 0.05) is 12.1 Å². The van der Waals surface area contributed by atoms with E-state index in [4.69, 9.17) is 4.74 Å².